The van der Waals surface area contributed by atoms with Crippen molar-refractivity contribution in [1.29, 1.82) is 0 Å². The van der Waals surface area contributed by atoms with Gasteiger partial charge in [0.1, 0.15) is 0 Å². The molecule has 0 saturated carbocycles. The smallest absolute Gasteiger partial charge is 0.423 e. The van der Waals surface area contributed by atoms with Crippen LogP contribution in [-0.4, -0.2) is 17.2 Å². The van der Waals surface area contributed by atoms with Crippen molar-refractivity contribution < 1.29 is 10.0 Å². The highest BCUT2D eigenvalue weighted by Crippen LogP contribution is 2.40. The summed E-state index contributed by atoms with van der Waals surface area (Å²) in [5, 5.41) is 23.7. The van der Waals surface area contributed by atoms with E-state index in [1.165, 1.54) is 44.0 Å². The van der Waals surface area contributed by atoms with Crippen LogP contribution in [0, 0.1) is 6.92 Å². The van der Waals surface area contributed by atoms with Gasteiger partial charge in [-0.3, -0.25) is 0 Å². The molecule has 4 rings (SSSR count). The van der Waals surface area contributed by atoms with Gasteiger partial charge in [0.05, 0.1) is 0 Å². The monoisotopic (exact) mass is 318 g/mol. The van der Waals surface area contributed by atoms with Gasteiger partial charge >= 0.3 is 7.12 Å². The lowest BCUT2D eigenvalue weighted by Crippen LogP contribution is -2.26. The van der Waals surface area contributed by atoms with Crippen molar-refractivity contribution in [1.82, 2.24) is 0 Å². The fourth-order valence-electron chi connectivity index (χ4n) is 3.24. The molecule has 0 aliphatic carbocycles. The molecule has 0 amide bonds. The Labute approximate surface area is 138 Å². The Kier molecular flexibility index (Phi) is 3.45. The molecule has 1 aromatic heterocycles. The second-order valence-electron chi connectivity index (χ2n) is 5.67. The van der Waals surface area contributed by atoms with E-state index in [0.29, 0.717) is 4.78 Å². The standard InChI is InChI=1S/C19H15BO2S/c1-12-13-6-2-4-8-15(13)19(16-9-5-3-7-14(12)16)17-10-11-18(23-17)20(21)22/h2-11,21-22H,1H3. The maximum absolute atomic E-state index is 9.42. The van der Waals surface area contributed by atoms with Gasteiger partial charge < -0.3 is 10.0 Å². The van der Waals surface area contributed by atoms with Gasteiger partial charge in [0.2, 0.25) is 0 Å². The molecule has 0 saturated heterocycles. The van der Waals surface area contributed by atoms with Crippen molar-refractivity contribution in [3.8, 4) is 10.4 Å². The van der Waals surface area contributed by atoms with Crippen molar-refractivity contribution in [2.24, 2.45) is 0 Å². The molecule has 112 valence electrons. The Bertz CT molecular complexity index is 963. The summed E-state index contributed by atoms with van der Waals surface area (Å²) >= 11 is 1.43. The largest absolute Gasteiger partial charge is 0.499 e. The molecule has 4 aromatic rings. The first-order valence-electron chi connectivity index (χ1n) is 7.53. The number of hydrogen-bond acceptors (Lipinski definition) is 3. The van der Waals surface area contributed by atoms with Crippen molar-refractivity contribution in [2.75, 3.05) is 0 Å². The minimum absolute atomic E-state index is 0.564. The number of benzene rings is 3. The van der Waals surface area contributed by atoms with Gasteiger partial charge in [-0.2, -0.15) is 0 Å². The van der Waals surface area contributed by atoms with Crippen LogP contribution < -0.4 is 4.78 Å². The summed E-state index contributed by atoms with van der Waals surface area (Å²) in [5.74, 6) is 0. The summed E-state index contributed by atoms with van der Waals surface area (Å²) < 4.78 is 0.564. The normalized spacial score (nSPS) is 11.3. The third kappa shape index (κ3) is 2.27. The van der Waals surface area contributed by atoms with Crippen molar-refractivity contribution >= 4 is 44.8 Å². The molecule has 0 aliphatic heterocycles. The van der Waals surface area contributed by atoms with Gasteiger partial charge in [0.25, 0.3) is 0 Å². The zero-order valence-electron chi connectivity index (χ0n) is 12.7. The van der Waals surface area contributed by atoms with Crippen LogP contribution in [0.4, 0.5) is 0 Å². The average Bonchev–Trinajstić information content (AvgIpc) is 3.05. The first-order chi connectivity index (χ1) is 11.2. The molecule has 2 nitrogen and oxygen atoms in total. The first kappa shape index (κ1) is 14.5. The fourth-order valence-corrected chi connectivity index (χ4v) is 4.19. The summed E-state index contributed by atoms with van der Waals surface area (Å²) in [6, 6.07) is 20.6. The van der Waals surface area contributed by atoms with Crippen LogP contribution in [0.25, 0.3) is 32.0 Å². The molecule has 3 aromatic carbocycles. The van der Waals surface area contributed by atoms with Crippen LogP contribution in [0.15, 0.2) is 60.7 Å². The van der Waals surface area contributed by atoms with Crippen LogP contribution >= 0.6 is 11.3 Å². The summed E-state index contributed by atoms with van der Waals surface area (Å²) in [4.78, 5) is 1.06. The molecule has 0 aliphatic rings. The van der Waals surface area contributed by atoms with Crippen molar-refractivity contribution in [2.45, 2.75) is 6.92 Å². The first-order valence-corrected chi connectivity index (χ1v) is 8.35. The van der Waals surface area contributed by atoms with E-state index in [4.69, 9.17) is 0 Å². The molecule has 23 heavy (non-hydrogen) atoms. The molecule has 0 spiro atoms. The Morgan fingerprint density at radius 1 is 0.739 bits per heavy atom. The zero-order valence-corrected chi connectivity index (χ0v) is 13.5. The van der Waals surface area contributed by atoms with Crippen LogP contribution in [0.2, 0.25) is 0 Å². The Balaban J connectivity index is 2.15. The zero-order chi connectivity index (χ0) is 16.0. The van der Waals surface area contributed by atoms with Gasteiger partial charge in [0.15, 0.2) is 0 Å². The Morgan fingerprint density at radius 3 is 1.74 bits per heavy atom. The van der Waals surface area contributed by atoms with Gasteiger partial charge in [-0.25, -0.2) is 0 Å². The summed E-state index contributed by atoms with van der Waals surface area (Å²) in [6.45, 7) is 2.16. The number of fused-ring (bicyclic) bond motifs is 2. The number of thiophene rings is 1. The van der Waals surface area contributed by atoms with Gasteiger partial charge in [0, 0.05) is 15.2 Å². The Hall–Kier alpha value is -2.14. The predicted octanol–water partition coefficient (Wildman–Crippen LogP) is 3.71. The van der Waals surface area contributed by atoms with E-state index in [-0.39, 0.29) is 0 Å². The SMILES string of the molecule is Cc1c2ccccc2c(-c2ccc(B(O)O)s2)c2ccccc12. The maximum Gasteiger partial charge on any atom is 0.499 e. The van der Waals surface area contributed by atoms with E-state index in [1.807, 2.05) is 6.07 Å². The lowest BCUT2D eigenvalue weighted by Gasteiger charge is -2.13. The maximum atomic E-state index is 9.42. The lowest BCUT2D eigenvalue weighted by molar-refractivity contribution is 0.427. The van der Waals surface area contributed by atoms with E-state index in [1.54, 1.807) is 6.07 Å². The molecule has 0 bridgehead atoms. The van der Waals surface area contributed by atoms with Crippen molar-refractivity contribution in [3.63, 3.8) is 0 Å². The minimum atomic E-state index is -1.42. The highest BCUT2D eigenvalue weighted by atomic mass is 32.1. The summed E-state index contributed by atoms with van der Waals surface area (Å²) in [7, 11) is -1.42. The van der Waals surface area contributed by atoms with Crippen LogP contribution in [0.3, 0.4) is 0 Å². The number of hydrogen-bond donors (Lipinski definition) is 2. The molecule has 0 radical (unpaired) electrons. The van der Waals surface area contributed by atoms with E-state index in [9.17, 15) is 10.0 Å². The Morgan fingerprint density at radius 2 is 1.26 bits per heavy atom. The molecule has 2 N–H and O–H groups in total. The highest BCUT2D eigenvalue weighted by molar-refractivity contribution is 7.25. The fraction of sp³-hybridized carbons (Fsp3) is 0.0526. The quantitative estimate of drug-likeness (QED) is 0.437. The number of aryl methyl sites for hydroxylation is 1. The summed E-state index contributed by atoms with van der Waals surface area (Å²) in [6.07, 6.45) is 0. The van der Waals surface area contributed by atoms with Gasteiger partial charge in [-0.05, 0) is 40.1 Å². The van der Waals surface area contributed by atoms with E-state index in [0.717, 1.165) is 4.88 Å². The second-order valence-corrected chi connectivity index (χ2v) is 6.78. The molecular weight excluding hydrogens is 303 g/mol. The van der Waals surface area contributed by atoms with E-state index < -0.39 is 7.12 Å². The van der Waals surface area contributed by atoms with Crippen molar-refractivity contribution in [3.05, 3.63) is 66.2 Å². The lowest BCUT2D eigenvalue weighted by atomic mass is 9.89. The highest BCUT2D eigenvalue weighted by Gasteiger charge is 2.18. The van der Waals surface area contributed by atoms with Crippen LogP contribution in [0.5, 0.6) is 0 Å². The molecule has 0 atom stereocenters. The average molecular weight is 318 g/mol. The van der Waals surface area contributed by atoms with Crippen LogP contribution in [0.1, 0.15) is 5.56 Å². The summed E-state index contributed by atoms with van der Waals surface area (Å²) in [5.41, 5.74) is 2.44. The van der Waals surface area contributed by atoms with E-state index in [2.05, 4.69) is 55.5 Å². The topological polar surface area (TPSA) is 40.5 Å². The third-order valence-corrected chi connectivity index (χ3v) is 5.47. The second kappa shape index (κ2) is 5.50. The predicted molar refractivity (Wildman–Crippen MR) is 99.3 cm³/mol. The molecule has 0 fully saturated rings. The van der Waals surface area contributed by atoms with Gasteiger partial charge in [-0.15, -0.1) is 11.3 Å². The third-order valence-electron chi connectivity index (χ3n) is 4.33. The van der Waals surface area contributed by atoms with Gasteiger partial charge in [-0.1, -0.05) is 54.6 Å². The molecule has 4 heteroatoms. The minimum Gasteiger partial charge on any atom is -0.423 e. The number of rotatable bonds is 2. The molecule has 0 unspecified atom stereocenters. The van der Waals surface area contributed by atoms with Crippen LogP contribution in [-0.2, 0) is 0 Å². The molecule has 1 heterocycles. The van der Waals surface area contributed by atoms with E-state index >= 15 is 0 Å². The molecular formula is C19H15BO2S.